The second-order valence-electron chi connectivity index (χ2n) is 5.89. The van der Waals surface area contributed by atoms with Crippen LogP contribution in [0, 0.1) is 11.5 Å². The van der Waals surface area contributed by atoms with Crippen LogP contribution in [-0.2, 0) is 11.2 Å². The highest BCUT2D eigenvalue weighted by molar-refractivity contribution is 7.12. The Morgan fingerprint density at radius 2 is 1.92 bits per heavy atom. The highest BCUT2D eigenvalue weighted by Crippen LogP contribution is 2.17. The number of carbonyl (C=O) groups is 2. The minimum atomic E-state index is -0.810. The van der Waals surface area contributed by atoms with Gasteiger partial charge in [0.25, 0.3) is 11.8 Å². The summed E-state index contributed by atoms with van der Waals surface area (Å²) >= 11 is 1.31. The van der Waals surface area contributed by atoms with Gasteiger partial charge in [0.05, 0.1) is 4.88 Å². The quantitative estimate of drug-likeness (QED) is 0.559. The smallest absolute Gasteiger partial charge is 0.262 e. The molecule has 1 N–H and O–H groups in total. The normalized spacial score (nSPS) is 11.5. The molecule has 1 atom stereocenters. The van der Waals surface area contributed by atoms with Gasteiger partial charge in [-0.25, -0.2) is 0 Å². The molecule has 0 aliphatic heterocycles. The number of amides is 2. The summed E-state index contributed by atoms with van der Waals surface area (Å²) in [7, 11) is 1.40. The fourth-order valence-electron chi connectivity index (χ4n) is 2.72. The third kappa shape index (κ3) is 3.90. The number of nitrogens with zero attached hydrogens (tertiary/aromatic N) is 2. The summed E-state index contributed by atoms with van der Waals surface area (Å²) in [6.45, 7) is 0. The van der Waals surface area contributed by atoms with E-state index >= 15 is 0 Å². The van der Waals surface area contributed by atoms with Crippen molar-refractivity contribution in [1.29, 1.82) is 5.26 Å². The molecule has 0 fully saturated rings. The molecule has 1 heterocycles. The standard InChI is InChI=1S/C20H17N3O2S/c1-23(13-21)20(25)17(22-19(24)18-7-4-10-26-18)12-14-8-9-15-5-2-3-6-16(15)11-14/h2-11,17H,12H2,1H3,(H,22,24). The summed E-state index contributed by atoms with van der Waals surface area (Å²) in [6, 6.07) is 16.5. The lowest BCUT2D eigenvalue weighted by Gasteiger charge is -2.20. The Hall–Kier alpha value is -3.17. The van der Waals surface area contributed by atoms with Crippen molar-refractivity contribution >= 4 is 33.9 Å². The zero-order valence-electron chi connectivity index (χ0n) is 14.2. The predicted molar refractivity (Wildman–Crippen MR) is 102 cm³/mol. The molecular weight excluding hydrogens is 346 g/mol. The van der Waals surface area contributed by atoms with Gasteiger partial charge in [-0.05, 0) is 27.8 Å². The zero-order chi connectivity index (χ0) is 18.5. The fraction of sp³-hybridized carbons (Fsp3) is 0.150. The van der Waals surface area contributed by atoms with Crippen LogP contribution in [-0.4, -0.2) is 29.8 Å². The third-order valence-corrected chi connectivity index (χ3v) is 4.95. The monoisotopic (exact) mass is 363 g/mol. The molecule has 5 nitrogen and oxygen atoms in total. The molecular formula is C20H17N3O2S. The number of hydrogen-bond acceptors (Lipinski definition) is 4. The molecule has 1 unspecified atom stereocenters. The van der Waals surface area contributed by atoms with E-state index in [1.54, 1.807) is 23.7 Å². The van der Waals surface area contributed by atoms with Gasteiger partial charge in [0.1, 0.15) is 6.04 Å². The molecule has 2 amide bonds. The summed E-state index contributed by atoms with van der Waals surface area (Å²) in [6.07, 6.45) is 2.12. The summed E-state index contributed by atoms with van der Waals surface area (Å²) in [5, 5.41) is 15.8. The van der Waals surface area contributed by atoms with E-state index in [-0.39, 0.29) is 5.91 Å². The minimum Gasteiger partial charge on any atom is -0.339 e. The van der Waals surface area contributed by atoms with Crippen molar-refractivity contribution < 1.29 is 9.59 Å². The second-order valence-corrected chi connectivity index (χ2v) is 6.83. The topological polar surface area (TPSA) is 73.2 Å². The molecule has 6 heteroatoms. The molecule has 26 heavy (non-hydrogen) atoms. The minimum absolute atomic E-state index is 0.312. The van der Waals surface area contributed by atoms with Gasteiger partial charge in [0.2, 0.25) is 0 Å². The number of likely N-dealkylation sites (N-methyl/N-ethyl adjacent to an activating group) is 1. The van der Waals surface area contributed by atoms with E-state index in [0.29, 0.717) is 11.3 Å². The lowest BCUT2D eigenvalue weighted by atomic mass is 10.0. The lowest BCUT2D eigenvalue weighted by Crippen LogP contribution is -2.47. The maximum atomic E-state index is 12.5. The van der Waals surface area contributed by atoms with Crippen molar-refractivity contribution in [2.45, 2.75) is 12.5 Å². The van der Waals surface area contributed by atoms with E-state index in [9.17, 15) is 9.59 Å². The van der Waals surface area contributed by atoms with E-state index in [4.69, 9.17) is 5.26 Å². The number of nitrogens with one attached hydrogen (secondary N) is 1. The SMILES string of the molecule is CN(C#N)C(=O)C(Cc1ccc2ccccc2c1)NC(=O)c1cccs1. The predicted octanol–water partition coefficient (Wildman–Crippen LogP) is 3.18. The number of fused-ring (bicyclic) bond motifs is 1. The number of hydrogen-bond donors (Lipinski definition) is 1. The van der Waals surface area contributed by atoms with Crippen LogP contribution < -0.4 is 5.32 Å². The van der Waals surface area contributed by atoms with Crippen LogP contribution in [0.15, 0.2) is 60.0 Å². The summed E-state index contributed by atoms with van der Waals surface area (Å²) in [5.74, 6) is -0.754. The number of benzene rings is 2. The first-order chi connectivity index (χ1) is 12.6. The molecule has 0 spiro atoms. The van der Waals surface area contributed by atoms with Crippen molar-refractivity contribution in [3.05, 3.63) is 70.4 Å². The Balaban J connectivity index is 1.85. The van der Waals surface area contributed by atoms with E-state index < -0.39 is 11.9 Å². The first-order valence-electron chi connectivity index (χ1n) is 8.08. The number of rotatable bonds is 5. The van der Waals surface area contributed by atoms with E-state index in [2.05, 4.69) is 5.32 Å². The zero-order valence-corrected chi connectivity index (χ0v) is 15.0. The molecule has 0 bridgehead atoms. The number of carbonyl (C=O) groups excluding carboxylic acids is 2. The van der Waals surface area contributed by atoms with Crippen LogP contribution in [0.2, 0.25) is 0 Å². The molecule has 0 radical (unpaired) electrons. The largest absolute Gasteiger partial charge is 0.339 e. The van der Waals surface area contributed by atoms with Crippen LogP contribution in [0.25, 0.3) is 10.8 Å². The van der Waals surface area contributed by atoms with Crippen molar-refractivity contribution in [1.82, 2.24) is 10.2 Å². The molecule has 0 aliphatic carbocycles. The first-order valence-corrected chi connectivity index (χ1v) is 8.96. The van der Waals surface area contributed by atoms with Crippen LogP contribution in [0.1, 0.15) is 15.2 Å². The van der Waals surface area contributed by atoms with E-state index in [1.165, 1.54) is 18.4 Å². The maximum Gasteiger partial charge on any atom is 0.262 e. The molecule has 1 aromatic heterocycles. The molecule has 3 rings (SSSR count). The summed E-state index contributed by atoms with van der Waals surface area (Å²) in [5.41, 5.74) is 0.917. The second kappa shape index (κ2) is 7.81. The molecule has 130 valence electrons. The fourth-order valence-corrected chi connectivity index (χ4v) is 3.35. The van der Waals surface area contributed by atoms with Gasteiger partial charge in [-0.1, -0.05) is 48.5 Å². The van der Waals surface area contributed by atoms with Gasteiger partial charge >= 0.3 is 0 Å². The van der Waals surface area contributed by atoms with Crippen molar-refractivity contribution in [2.75, 3.05) is 7.05 Å². The van der Waals surface area contributed by atoms with Gasteiger partial charge in [0, 0.05) is 13.5 Å². The average Bonchev–Trinajstić information content (AvgIpc) is 3.21. The summed E-state index contributed by atoms with van der Waals surface area (Å²) in [4.78, 5) is 26.4. The van der Waals surface area contributed by atoms with Crippen molar-refractivity contribution in [3.63, 3.8) is 0 Å². The van der Waals surface area contributed by atoms with Crippen molar-refractivity contribution in [2.24, 2.45) is 0 Å². The summed E-state index contributed by atoms with van der Waals surface area (Å²) < 4.78 is 0. The Bertz CT molecular complexity index is 976. The Morgan fingerprint density at radius 1 is 1.15 bits per heavy atom. The van der Waals surface area contributed by atoms with E-state index in [0.717, 1.165) is 21.2 Å². The number of nitriles is 1. The Kier molecular flexibility index (Phi) is 5.30. The Labute approximate surface area is 155 Å². The maximum absolute atomic E-state index is 12.5. The van der Waals surface area contributed by atoms with Gasteiger partial charge in [-0.15, -0.1) is 11.3 Å². The molecule has 0 aliphatic rings. The highest BCUT2D eigenvalue weighted by Gasteiger charge is 2.25. The lowest BCUT2D eigenvalue weighted by molar-refractivity contribution is -0.129. The Morgan fingerprint density at radius 3 is 2.62 bits per heavy atom. The van der Waals surface area contributed by atoms with Gasteiger partial charge in [0.15, 0.2) is 6.19 Å². The van der Waals surface area contributed by atoms with Gasteiger partial charge < -0.3 is 5.32 Å². The van der Waals surface area contributed by atoms with Gasteiger partial charge in [-0.2, -0.15) is 5.26 Å². The molecule has 0 saturated heterocycles. The average molecular weight is 363 g/mol. The first kappa shape index (κ1) is 17.6. The van der Waals surface area contributed by atoms with Crippen LogP contribution in [0.5, 0.6) is 0 Å². The van der Waals surface area contributed by atoms with E-state index in [1.807, 2.05) is 42.5 Å². The molecule has 3 aromatic rings. The van der Waals surface area contributed by atoms with Crippen LogP contribution in [0.3, 0.4) is 0 Å². The molecule has 2 aromatic carbocycles. The van der Waals surface area contributed by atoms with Crippen LogP contribution >= 0.6 is 11.3 Å². The third-order valence-electron chi connectivity index (χ3n) is 4.08. The van der Waals surface area contributed by atoms with Gasteiger partial charge in [-0.3, -0.25) is 14.5 Å². The van der Waals surface area contributed by atoms with Crippen molar-refractivity contribution in [3.8, 4) is 6.19 Å². The van der Waals surface area contributed by atoms with Crippen LogP contribution in [0.4, 0.5) is 0 Å². The molecule has 0 saturated carbocycles. The highest BCUT2D eigenvalue weighted by atomic mass is 32.1. The number of thiophene rings is 1.